The number of benzene rings is 2. The lowest BCUT2D eigenvalue weighted by Crippen LogP contribution is -2.37. The van der Waals surface area contributed by atoms with Gasteiger partial charge in [0.15, 0.2) is 0 Å². The Morgan fingerprint density at radius 1 is 1.04 bits per heavy atom. The first-order chi connectivity index (χ1) is 12.9. The van der Waals surface area contributed by atoms with Gasteiger partial charge in [0.1, 0.15) is 0 Å². The number of carbonyl (C=O) groups excluding carboxylic acids is 1. The number of aryl methyl sites for hydroxylation is 3. The Morgan fingerprint density at radius 2 is 1.70 bits per heavy atom. The van der Waals surface area contributed by atoms with Gasteiger partial charge < -0.3 is 4.90 Å². The van der Waals surface area contributed by atoms with Crippen LogP contribution in [0.1, 0.15) is 36.5 Å². The molecular formula is C21H26N2O3S. The number of amides is 1. The maximum absolute atomic E-state index is 12.6. The summed E-state index contributed by atoms with van der Waals surface area (Å²) in [5.41, 5.74) is 4.26. The van der Waals surface area contributed by atoms with Crippen molar-refractivity contribution in [3.05, 3.63) is 59.2 Å². The number of nitrogens with one attached hydrogen (secondary N) is 1. The number of nitrogens with zero attached hydrogens (tertiary/aromatic N) is 1. The summed E-state index contributed by atoms with van der Waals surface area (Å²) in [6, 6.07) is 13.0. The molecule has 0 aliphatic heterocycles. The third-order valence-electron chi connectivity index (χ3n) is 4.98. The summed E-state index contributed by atoms with van der Waals surface area (Å²) in [7, 11) is -3.59. The molecule has 3 rings (SSSR count). The van der Waals surface area contributed by atoms with E-state index < -0.39 is 10.0 Å². The van der Waals surface area contributed by atoms with Crippen LogP contribution in [0.5, 0.6) is 0 Å². The molecule has 2 aromatic rings. The molecule has 0 heterocycles. The molecule has 144 valence electrons. The van der Waals surface area contributed by atoms with Crippen molar-refractivity contribution in [2.24, 2.45) is 0 Å². The molecular weight excluding hydrogens is 360 g/mol. The minimum atomic E-state index is -3.59. The second kappa shape index (κ2) is 8.23. The van der Waals surface area contributed by atoms with E-state index in [-0.39, 0.29) is 19.0 Å². The predicted molar refractivity (Wildman–Crippen MR) is 107 cm³/mol. The van der Waals surface area contributed by atoms with Crippen molar-refractivity contribution in [1.82, 2.24) is 4.72 Å². The number of sulfonamides is 1. The maximum Gasteiger partial charge on any atom is 0.240 e. The molecule has 0 unspecified atom stereocenters. The van der Waals surface area contributed by atoms with E-state index in [1.54, 1.807) is 17.0 Å². The zero-order valence-electron chi connectivity index (χ0n) is 15.9. The molecule has 0 saturated carbocycles. The third-order valence-corrected chi connectivity index (χ3v) is 6.44. The van der Waals surface area contributed by atoms with E-state index in [4.69, 9.17) is 0 Å². The number of rotatable bonds is 6. The number of hydrogen-bond donors (Lipinski definition) is 1. The van der Waals surface area contributed by atoms with Crippen LogP contribution in [0.3, 0.4) is 0 Å². The lowest BCUT2D eigenvalue weighted by Gasteiger charge is -2.22. The van der Waals surface area contributed by atoms with Gasteiger partial charge in [0.25, 0.3) is 0 Å². The van der Waals surface area contributed by atoms with Gasteiger partial charge in [-0.15, -0.1) is 0 Å². The molecule has 6 heteroatoms. The first-order valence-corrected chi connectivity index (χ1v) is 10.8. The van der Waals surface area contributed by atoms with E-state index in [9.17, 15) is 13.2 Å². The second-order valence-electron chi connectivity index (χ2n) is 7.04. The average molecular weight is 387 g/mol. The summed E-state index contributed by atoms with van der Waals surface area (Å²) in [6.07, 6.45) is 4.22. The van der Waals surface area contributed by atoms with Crippen LogP contribution in [0.25, 0.3) is 0 Å². The molecule has 0 atom stereocenters. The van der Waals surface area contributed by atoms with E-state index in [2.05, 4.69) is 4.72 Å². The van der Waals surface area contributed by atoms with Crippen LogP contribution in [-0.4, -0.2) is 27.4 Å². The molecule has 0 radical (unpaired) electrons. The summed E-state index contributed by atoms with van der Waals surface area (Å²) >= 11 is 0. The molecule has 0 saturated heterocycles. The first kappa shape index (κ1) is 19.6. The lowest BCUT2D eigenvalue weighted by atomic mass is 9.92. The van der Waals surface area contributed by atoms with Crippen LogP contribution < -0.4 is 9.62 Å². The quantitative estimate of drug-likeness (QED) is 0.829. The van der Waals surface area contributed by atoms with Gasteiger partial charge in [-0.1, -0.05) is 23.8 Å². The highest BCUT2D eigenvalue weighted by molar-refractivity contribution is 7.89. The Morgan fingerprint density at radius 3 is 2.37 bits per heavy atom. The molecule has 1 N–H and O–H groups in total. The average Bonchev–Trinajstić information content (AvgIpc) is 2.65. The topological polar surface area (TPSA) is 66.5 Å². The number of carbonyl (C=O) groups is 1. The molecule has 2 aromatic carbocycles. The maximum atomic E-state index is 12.6. The molecule has 5 nitrogen and oxygen atoms in total. The fourth-order valence-electron chi connectivity index (χ4n) is 3.45. The molecule has 1 aliphatic carbocycles. The molecule has 0 aromatic heterocycles. The third kappa shape index (κ3) is 4.76. The van der Waals surface area contributed by atoms with Gasteiger partial charge in [-0.05, 0) is 68.0 Å². The zero-order valence-corrected chi connectivity index (χ0v) is 16.7. The Bertz CT molecular complexity index is 921. The van der Waals surface area contributed by atoms with Gasteiger partial charge in [0, 0.05) is 25.7 Å². The summed E-state index contributed by atoms with van der Waals surface area (Å²) in [6.45, 7) is 3.90. The molecule has 0 spiro atoms. The van der Waals surface area contributed by atoms with Gasteiger partial charge in [0.05, 0.1) is 4.90 Å². The van der Waals surface area contributed by atoms with Crippen LogP contribution in [0.4, 0.5) is 5.69 Å². The number of hydrogen-bond acceptors (Lipinski definition) is 3. The van der Waals surface area contributed by atoms with Gasteiger partial charge >= 0.3 is 0 Å². The zero-order chi connectivity index (χ0) is 19.4. The van der Waals surface area contributed by atoms with E-state index in [1.165, 1.54) is 12.5 Å². The molecule has 27 heavy (non-hydrogen) atoms. The summed E-state index contributed by atoms with van der Waals surface area (Å²) in [5.74, 6) is -0.119. The van der Waals surface area contributed by atoms with Gasteiger partial charge in [-0.25, -0.2) is 13.1 Å². The second-order valence-corrected chi connectivity index (χ2v) is 8.81. The summed E-state index contributed by atoms with van der Waals surface area (Å²) in [5, 5.41) is 0. The number of fused-ring (bicyclic) bond motifs is 1. The Kier molecular flexibility index (Phi) is 5.97. The van der Waals surface area contributed by atoms with Crippen molar-refractivity contribution < 1.29 is 13.2 Å². The molecule has 1 amide bonds. The monoisotopic (exact) mass is 386 g/mol. The van der Waals surface area contributed by atoms with Crippen molar-refractivity contribution in [2.45, 2.75) is 44.4 Å². The first-order valence-electron chi connectivity index (χ1n) is 9.33. The van der Waals surface area contributed by atoms with Crippen LogP contribution >= 0.6 is 0 Å². The Balaban J connectivity index is 1.67. The van der Waals surface area contributed by atoms with Crippen LogP contribution in [0.15, 0.2) is 47.4 Å². The molecule has 1 aliphatic rings. The van der Waals surface area contributed by atoms with Crippen LogP contribution in [-0.2, 0) is 27.7 Å². The largest absolute Gasteiger partial charge is 0.311 e. The number of anilines is 1. The Labute approximate surface area is 161 Å². The highest BCUT2D eigenvalue weighted by Gasteiger charge is 2.18. The van der Waals surface area contributed by atoms with Crippen molar-refractivity contribution in [2.75, 3.05) is 18.0 Å². The summed E-state index contributed by atoms with van der Waals surface area (Å²) < 4.78 is 27.9. The van der Waals surface area contributed by atoms with Gasteiger partial charge in [-0.3, -0.25) is 4.79 Å². The van der Waals surface area contributed by atoms with Gasteiger partial charge in [0.2, 0.25) is 15.9 Å². The highest BCUT2D eigenvalue weighted by atomic mass is 32.2. The highest BCUT2D eigenvalue weighted by Crippen LogP contribution is 2.24. The van der Waals surface area contributed by atoms with E-state index in [0.717, 1.165) is 42.5 Å². The van der Waals surface area contributed by atoms with Crippen LogP contribution in [0.2, 0.25) is 0 Å². The normalized spacial score (nSPS) is 13.9. The van der Waals surface area contributed by atoms with Crippen molar-refractivity contribution in [3.8, 4) is 0 Å². The van der Waals surface area contributed by atoms with E-state index >= 15 is 0 Å². The molecule has 0 fully saturated rings. The smallest absolute Gasteiger partial charge is 0.240 e. The van der Waals surface area contributed by atoms with Crippen molar-refractivity contribution >= 4 is 21.6 Å². The minimum absolute atomic E-state index is 0.119. The standard InChI is InChI=1S/C21H26N2O3S/c1-16-7-10-20(11-8-16)23(17(2)24)14-13-22-27(25,26)21-12-9-18-5-3-4-6-19(18)15-21/h7-12,15,22H,3-6,13-14H2,1-2H3. The Hall–Kier alpha value is -2.18. The SMILES string of the molecule is CC(=O)N(CCNS(=O)(=O)c1ccc2c(c1)CCCC2)c1ccc(C)cc1. The van der Waals surface area contributed by atoms with Crippen LogP contribution in [0, 0.1) is 6.92 Å². The minimum Gasteiger partial charge on any atom is -0.311 e. The van der Waals surface area contributed by atoms with E-state index in [0.29, 0.717) is 4.90 Å². The lowest BCUT2D eigenvalue weighted by molar-refractivity contribution is -0.116. The van der Waals surface area contributed by atoms with Crippen molar-refractivity contribution in [1.29, 1.82) is 0 Å². The van der Waals surface area contributed by atoms with E-state index in [1.807, 2.05) is 37.3 Å². The fourth-order valence-corrected chi connectivity index (χ4v) is 4.52. The van der Waals surface area contributed by atoms with Gasteiger partial charge in [-0.2, -0.15) is 0 Å². The summed E-state index contributed by atoms with van der Waals surface area (Å²) in [4.78, 5) is 13.8. The fraction of sp³-hybridized carbons (Fsp3) is 0.381. The van der Waals surface area contributed by atoms with Crippen molar-refractivity contribution in [3.63, 3.8) is 0 Å². The predicted octanol–water partition coefficient (Wildman–Crippen LogP) is 3.21. The molecule has 0 bridgehead atoms.